The molecular formula is C38H34N3OP. The van der Waals surface area contributed by atoms with Crippen LogP contribution in [0, 0.1) is 0 Å². The molecule has 2 aromatic heterocycles. The van der Waals surface area contributed by atoms with Gasteiger partial charge in [-0.05, 0) is 49.6 Å². The van der Waals surface area contributed by atoms with Crippen LogP contribution in [0.4, 0.5) is 0 Å². The van der Waals surface area contributed by atoms with Gasteiger partial charge in [0.25, 0.3) is 0 Å². The summed E-state index contributed by atoms with van der Waals surface area (Å²) in [6.07, 6.45) is 21.0. The Bertz CT molecular complexity index is 2010. The van der Waals surface area contributed by atoms with Crippen molar-refractivity contribution in [2.24, 2.45) is 0 Å². The molecule has 3 aromatic carbocycles. The van der Waals surface area contributed by atoms with Gasteiger partial charge in [0.2, 0.25) is 0 Å². The molecule has 2 atom stereocenters. The van der Waals surface area contributed by atoms with Crippen LogP contribution in [0.15, 0.2) is 146 Å². The van der Waals surface area contributed by atoms with E-state index in [-0.39, 0.29) is 5.92 Å². The van der Waals surface area contributed by atoms with Gasteiger partial charge in [0.15, 0.2) is 7.14 Å². The second kappa shape index (κ2) is 12.2. The van der Waals surface area contributed by atoms with Gasteiger partial charge in [0.1, 0.15) is 11.5 Å². The van der Waals surface area contributed by atoms with E-state index in [1.165, 1.54) is 0 Å². The SMILES string of the molecule is C=C/C=C\C(=C/C)P(=O)(c1ccccc1)c1ccc(C2=CCC(c3nc4ccccc4c4nc(/C=C\C)cn34)C=C2)cc1. The highest BCUT2D eigenvalue weighted by Gasteiger charge is 2.30. The lowest BCUT2D eigenvalue weighted by Crippen LogP contribution is -2.17. The summed E-state index contributed by atoms with van der Waals surface area (Å²) < 4.78 is 16.9. The first kappa shape index (κ1) is 28.3. The minimum absolute atomic E-state index is 0.120. The van der Waals surface area contributed by atoms with E-state index in [9.17, 15) is 4.57 Å². The van der Waals surface area contributed by atoms with Crippen LogP contribution in [0.3, 0.4) is 0 Å². The van der Waals surface area contributed by atoms with Gasteiger partial charge in [-0.3, -0.25) is 4.40 Å². The van der Waals surface area contributed by atoms with Gasteiger partial charge in [-0.1, -0.05) is 122 Å². The lowest BCUT2D eigenvalue weighted by molar-refractivity contribution is 0.591. The maximum Gasteiger partial charge on any atom is 0.170 e. The van der Waals surface area contributed by atoms with Crippen molar-refractivity contribution < 1.29 is 4.57 Å². The number of imidazole rings is 1. The van der Waals surface area contributed by atoms with Crippen LogP contribution in [0.2, 0.25) is 0 Å². The standard InChI is InChI=1S/C38H34N3OP/c1-4-7-14-32(6-3)43(42,33-15-9-8-10-16-33)34-25-23-29(24-26-34)28-19-21-30(22-20-28)37-40-36-18-12-11-17-35(36)38-39-31(13-5-2)27-41(37)38/h4-21,23-27,30H,1,22H2,2-3H3/b13-5-,14-7-,32-6+. The van der Waals surface area contributed by atoms with Crippen molar-refractivity contribution in [3.8, 4) is 0 Å². The molecule has 0 saturated carbocycles. The Morgan fingerprint density at radius 3 is 2.40 bits per heavy atom. The molecule has 0 aliphatic heterocycles. The zero-order chi connectivity index (χ0) is 29.8. The Labute approximate surface area is 253 Å². The molecule has 5 aromatic rings. The maximum atomic E-state index is 14.8. The summed E-state index contributed by atoms with van der Waals surface area (Å²) in [5.74, 6) is 1.10. The van der Waals surface area contributed by atoms with Crippen LogP contribution < -0.4 is 10.6 Å². The number of allylic oxidation sites excluding steroid dienone is 10. The molecule has 5 heteroatoms. The quantitative estimate of drug-likeness (QED) is 0.136. The Morgan fingerprint density at radius 2 is 1.70 bits per heavy atom. The molecule has 2 heterocycles. The highest BCUT2D eigenvalue weighted by molar-refractivity contribution is 7.82. The third-order valence-corrected chi connectivity index (χ3v) is 11.1. The summed E-state index contributed by atoms with van der Waals surface area (Å²) in [5, 5.41) is 3.46. The zero-order valence-corrected chi connectivity index (χ0v) is 25.4. The average molecular weight is 580 g/mol. The van der Waals surface area contributed by atoms with E-state index in [4.69, 9.17) is 9.97 Å². The highest BCUT2D eigenvalue weighted by Crippen LogP contribution is 2.52. The average Bonchev–Trinajstić information content (AvgIpc) is 3.49. The number of para-hydroxylation sites is 1. The lowest BCUT2D eigenvalue weighted by atomic mass is 9.92. The second-order valence-corrected chi connectivity index (χ2v) is 13.3. The van der Waals surface area contributed by atoms with Gasteiger partial charge >= 0.3 is 0 Å². The van der Waals surface area contributed by atoms with Gasteiger partial charge in [-0.2, -0.15) is 0 Å². The molecule has 0 radical (unpaired) electrons. The molecule has 6 rings (SSSR count). The predicted octanol–water partition coefficient (Wildman–Crippen LogP) is 9.00. The van der Waals surface area contributed by atoms with Crippen molar-refractivity contribution in [2.45, 2.75) is 26.2 Å². The lowest BCUT2D eigenvalue weighted by Gasteiger charge is -2.22. The fourth-order valence-electron chi connectivity index (χ4n) is 5.74. The molecule has 2 unspecified atom stereocenters. The first-order chi connectivity index (χ1) is 21.1. The second-order valence-electron chi connectivity index (χ2n) is 10.5. The molecule has 1 aliphatic carbocycles. The minimum atomic E-state index is -3.05. The smallest absolute Gasteiger partial charge is 0.170 e. The van der Waals surface area contributed by atoms with E-state index >= 15 is 0 Å². The van der Waals surface area contributed by atoms with Crippen LogP contribution in [0.25, 0.3) is 28.2 Å². The van der Waals surface area contributed by atoms with Gasteiger partial charge in [-0.15, -0.1) is 0 Å². The first-order valence-electron chi connectivity index (χ1n) is 14.6. The molecule has 4 nitrogen and oxygen atoms in total. The zero-order valence-electron chi connectivity index (χ0n) is 24.5. The van der Waals surface area contributed by atoms with Crippen LogP contribution >= 0.6 is 7.14 Å². The molecule has 212 valence electrons. The summed E-state index contributed by atoms with van der Waals surface area (Å²) >= 11 is 0. The van der Waals surface area contributed by atoms with Crippen molar-refractivity contribution >= 4 is 46.0 Å². The van der Waals surface area contributed by atoms with Gasteiger partial charge in [0.05, 0.1) is 11.2 Å². The number of benzene rings is 3. The van der Waals surface area contributed by atoms with E-state index in [1.807, 2.05) is 98.8 Å². The molecule has 43 heavy (non-hydrogen) atoms. The molecule has 1 aliphatic rings. The fourth-order valence-corrected chi connectivity index (χ4v) is 8.45. The molecule has 0 amide bonds. The number of rotatable bonds is 8. The number of fused-ring (bicyclic) bond motifs is 3. The molecule has 0 bridgehead atoms. The Balaban J connectivity index is 1.32. The topological polar surface area (TPSA) is 47.3 Å². The monoisotopic (exact) mass is 579 g/mol. The molecule has 0 saturated heterocycles. The fraction of sp³-hybridized carbons (Fsp3) is 0.105. The van der Waals surface area contributed by atoms with Crippen molar-refractivity contribution in [3.05, 3.63) is 163 Å². The van der Waals surface area contributed by atoms with E-state index in [1.54, 1.807) is 6.08 Å². The van der Waals surface area contributed by atoms with Crippen molar-refractivity contribution in [2.75, 3.05) is 0 Å². The number of hydrogen-bond donors (Lipinski definition) is 0. The summed E-state index contributed by atoms with van der Waals surface area (Å²) in [5.41, 5.74) is 5.04. The Hall–Kier alpha value is -4.79. The van der Waals surface area contributed by atoms with E-state index < -0.39 is 7.14 Å². The maximum absolute atomic E-state index is 14.8. The Kier molecular flexibility index (Phi) is 8.05. The van der Waals surface area contributed by atoms with Gasteiger partial charge in [0, 0.05) is 33.4 Å². The predicted molar refractivity (Wildman–Crippen MR) is 183 cm³/mol. The summed E-state index contributed by atoms with van der Waals surface area (Å²) in [6, 6.07) is 26.1. The summed E-state index contributed by atoms with van der Waals surface area (Å²) in [4.78, 5) is 9.98. The molecule has 0 N–H and O–H groups in total. The third kappa shape index (κ3) is 5.31. The van der Waals surface area contributed by atoms with Crippen LogP contribution in [0.5, 0.6) is 0 Å². The minimum Gasteiger partial charge on any atom is -0.309 e. The summed E-state index contributed by atoms with van der Waals surface area (Å²) in [7, 11) is -3.05. The van der Waals surface area contributed by atoms with Gasteiger partial charge in [-0.25, -0.2) is 9.97 Å². The highest BCUT2D eigenvalue weighted by atomic mass is 31.2. The van der Waals surface area contributed by atoms with Crippen LogP contribution in [0.1, 0.15) is 43.3 Å². The van der Waals surface area contributed by atoms with Crippen LogP contribution in [-0.4, -0.2) is 14.4 Å². The summed E-state index contributed by atoms with van der Waals surface area (Å²) in [6.45, 7) is 7.73. The van der Waals surface area contributed by atoms with E-state index in [0.29, 0.717) is 0 Å². The number of hydrogen-bond acceptors (Lipinski definition) is 3. The van der Waals surface area contributed by atoms with Crippen molar-refractivity contribution in [1.82, 2.24) is 14.4 Å². The van der Waals surface area contributed by atoms with Crippen molar-refractivity contribution in [1.29, 1.82) is 0 Å². The van der Waals surface area contributed by atoms with Crippen LogP contribution in [-0.2, 0) is 4.57 Å². The largest absolute Gasteiger partial charge is 0.309 e. The molecule has 0 spiro atoms. The first-order valence-corrected chi connectivity index (χ1v) is 16.3. The van der Waals surface area contributed by atoms with E-state index in [0.717, 1.165) is 61.5 Å². The number of aromatic nitrogens is 3. The molecule has 0 fully saturated rings. The molecular weight excluding hydrogens is 545 g/mol. The Morgan fingerprint density at radius 1 is 0.953 bits per heavy atom. The van der Waals surface area contributed by atoms with E-state index in [2.05, 4.69) is 59.7 Å². The number of nitrogens with zero attached hydrogens (tertiary/aromatic N) is 3. The normalized spacial score (nSPS) is 17.1. The van der Waals surface area contributed by atoms with Crippen molar-refractivity contribution in [3.63, 3.8) is 0 Å². The third-order valence-electron chi connectivity index (χ3n) is 7.87. The van der Waals surface area contributed by atoms with Gasteiger partial charge < -0.3 is 4.57 Å².